The molecule has 1 aliphatic rings. The zero-order chi connectivity index (χ0) is 22.1. The van der Waals surface area contributed by atoms with Crippen molar-refractivity contribution in [1.29, 1.82) is 0 Å². The van der Waals surface area contributed by atoms with Gasteiger partial charge in [-0.05, 0) is 51.5 Å². The number of nitrogens with zero attached hydrogens (tertiary/aromatic N) is 1. The van der Waals surface area contributed by atoms with Crippen LogP contribution in [-0.2, 0) is 4.79 Å². The highest BCUT2D eigenvalue weighted by atomic mass is 16.2. The van der Waals surface area contributed by atoms with Gasteiger partial charge in [0.25, 0.3) is 17.7 Å². The van der Waals surface area contributed by atoms with Crippen LogP contribution in [0.15, 0.2) is 48.5 Å². The Bertz CT molecular complexity index is 988. The second-order valence-corrected chi connectivity index (χ2v) is 8.19. The summed E-state index contributed by atoms with van der Waals surface area (Å²) >= 11 is 0. The van der Waals surface area contributed by atoms with Crippen molar-refractivity contribution in [3.63, 3.8) is 0 Å². The maximum atomic E-state index is 13.0. The van der Waals surface area contributed by atoms with Gasteiger partial charge in [0.1, 0.15) is 6.04 Å². The molecule has 0 saturated carbocycles. The van der Waals surface area contributed by atoms with E-state index in [0.29, 0.717) is 22.4 Å². The van der Waals surface area contributed by atoms with E-state index in [1.54, 1.807) is 55.5 Å². The first-order valence-corrected chi connectivity index (χ1v) is 9.83. The Hall–Kier alpha value is -3.48. The Morgan fingerprint density at radius 2 is 1.47 bits per heavy atom. The Balaban J connectivity index is 1.85. The van der Waals surface area contributed by atoms with Gasteiger partial charge in [0, 0.05) is 5.54 Å². The van der Waals surface area contributed by atoms with Crippen LogP contribution in [0.1, 0.15) is 65.2 Å². The topological polar surface area (TPSA) is 95.6 Å². The molecule has 0 aliphatic carbocycles. The fourth-order valence-electron chi connectivity index (χ4n) is 3.39. The average molecular weight is 407 g/mol. The number of anilines is 1. The molecule has 1 atom stereocenters. The molecule has 156 valence electrons. The Labute approximate surface area is 175 Å². The van der Waals surface area contributed by atoms with Gasteiger partial charge in [-0.1, -0.05) is 31.2 Å². The zero-order valence-corrected chi connectivity index (χ0v) is 17.5. The van der Waals surface area contributed by atoms with Crippen molar-refractivity contribution < 1.29 is 19.2 Å². The molecule has 1 aliphatic heterocycles. The van der Waals surface area contributed by atoms with E-state index in [2.05, 4.69) is 10.6 Å². The number of nitrogens with one attached hydrogen (secondary N) is 2. The second kappa shape index (κ2) is 8.10. The van der Waals surface area contributed by atoms with Crippen molar-refractivity contribution in [1.82, 2.24) is 10.2 Å². The first-order valence-electron chi connectivity index (χ1n) is 9.83. The smallest absolute Gasteiger partial charge is 0.262 e. The minimum absolute atomic E-state index is 0.244. The van der Waals surface area contributed by atoms with E-state index in [-0.39, 0.29) is 12.3 Å². The number of carbonyl (C=O) groups excluding carboxylic acids is 4. The molecule has 3 rings (SSSR count). The lowest BCUT2D eigenvalue weighted by Crippen LogP contribution is -2.47. The number of rotatable bonds is 5. The van der Waals surface area contributed by atoms with Gasteiger partial charge in [0.05, 0.1) is 22.4 Å². The molecule has 0 aromatic heterocycles. The standard InChI is InChI=1S/C23H25N3O4/c1-5-18(26-21(29)14-10-6-7-11-15(14)22(26)30)20(28)24-17-13-9-8-12-16(17)19(27)25-23(2,3)4/h6-13,18H,5H2,1-4H3,(H,24,28)(H,25,27)/t18-/m1/s1. The van der Waals surface area contributed by atoms with Crippen LogP contribution >= 0.6 is 0 Å². The molecule has 2 aromatic rings. The third kappa shape index (κ3) is 4.10. The minimum Gasteiger partial charge on any atom is -0.347 e. The average Bonchev–Trinajstić information content (AvgIpc) is 2.93. The zero-order valence-electron chi connectivity index (χ0n) is 17.5. The van der Waals surface area contributed by atoms with Crippen molar-refractivity contribution in [3.8, 4) is 0 Å². The SMILES string of the molecule is CC[C@H](C(=O)Nc1ccccc1C(=O)NC(C)(C)C)N1C(=O)c2ccccc2C1=O. The van der Waals surface area contributed by atoms with Crippen LogP contribution in [0.3, 0.4) is 0 Å². The fraction of sp³-hybridized carbons (Fsp3) is 0.304. The highest BCUT2D eigenvalue weighted by Gasteiger charge is 2.42. The Morgan fingerprint density at radius 1 is 0.933 bits per heavy atom. The van der Waals surface area contributed by atoms with Crippen molar-refractivity contribution in [2.75, 3.05) is 5.32 Å². The largest absolute Gasteiger partial charge is 0.347 e. The molecule has 1 heterocycles. The minimum atomic E-state index is -0.990. The molecule has 7 heteroatoms. The van der Waals surface area contributed by atoms with Gasteiger partial charge < -0.3 is 10.6 Å². The maximum Gasteiger partial charge on any atom is 0.262 e. The van der Waals surface area contributed by atoms with Crippen LogP contribution in [0.4, 0.5) is 5.69 Å². The van der Waals surface area contributed by atoms with E-state index in [9.17, 15) is 19.2 Å². The summed E-state index contributed by atoms with van der Waals surface area (Å²) in [6.45, 7) is 7.32. The van der Waals surface area contributed by atoms with Crippen LogP contribution in [0, 0.1) is 0 Å². The number of fused-ring (bicyclic) bond motifs is 1. The summed E-state index contributed by atoms with van der Waals surface area (Å²) in [6, 6.07) is 12.2. The first kappa shape index (κ1) is 21.2. The van der Waals surface area contributed by atoms with Gasteiger partial charge in [-0.25, -0.2) is 0 Å². The van der Waals surface area contributed by atoms with E-state index in [1.165, 1.54) is 0 Å². The third-order valence-corrected chi connectivity index (χ3v) is 4.74. The predicted octanol–water partition coefficient (Wildman–Crippen LogP) is 3.23. The number of para-hydroxylation sites is 1. The summed E-state index contributed by atoms with van der Waals surface area (Å²) in [6.07, 6.45) is 0.244. The molecule has 4 amide bonds. The number of imide groups is 1. The molecule has 2 N–H and O–H groups in total. The Morgan fingerprint density at radius 3 is 2.00 bits per heavy atom. The van der Waals surface area contributed by atoms with Crippen LogP contribution in [0.2, 0.25) is 0 Å². The molecule has 0 unspecified atom stereocenters. The van der Waals surface area contributed by atoms with Gasteiger partial charge in [0.2, 0.25) is 5.91 Å². The van der Waals surface area contributed by atoms with Gasteiger partial charge >= 0.3 is 0 Å². The summed E-state index contributed by atoms with van der Waals surface area (Å²) in [7, 11) is 0. The first-order chi connectivity index (χ1) is 14.1. The van der Waals surface area contributed by atoms with E-state index in [0.717, 1.165) is 4.90 Å². The molecule has 2 aromatic carbocycles. The summed E-state index contributed by atoms with van der Waals surface area (Å²) in [5.74, 6) is -1.83. The molecule has 0 spiro atoms. The molecule has 0 saturated heterocycles. The van der Waals surface area contributed by atoms with E-state index >= 15 is 0 Å². The molecular weight excluding hydrogens is 382 g/mol. The van der Waals surface area contributed by atoms with Crippen LogP contribution < -0.4 is 10.6 Å². The lowest BCUT2D eigenvalue weighted by molar-refractivity contribution is -0.120. The van der Waals surface area contributed by atoms with Crippen molar-refractivity contribution in [2.24, 2.45) is 0 Å². The normalized spacial score (nSPS) is 14.3. The highest BCUT2D eigenvalue weighted by molar-refractivity contribution is 6.23. The number of benzene rings is 2. The summed E-state index contributed by atoms with van der Waals surface area (Å²) in [5, 5.41) is 5.59. The summed E-state index contributed by atoms with van der Waals surface area (Å²) in [4.78, 5) is 52.2. The van der Waals surface area contributed by atoms with E-state index in [4.69, 9.17) is 0 Å². The number of carbonyl (C=O) groups is 4. The Kier molecular flexibility index (Phi) is 5.73. The van der Waals surface area contributed by atoms with Gasteiger partial charge in [-0.3, -0.25) is 24.1 Å². The molecular formula is C23H25N3O4. The molecule has 7 nitrogen and oxygen atoms in total. The van der Waals surface area contributed by atoms with E-state index < -0.39 is 29.3 Å². The number of hydrogen-bond donors (Lipinski definition) is 2. The quantitative estimate of drug-likeness (QED) is 0.744. The maximum absolute atomic E-state index is 13.0. The monoisotopic (exact) mass is 407 g/mol. The van der Waals surface area contributed by atoms with Crippen molar-refractivity contribution >= 4 is 29.3 Å². The van der Waals surface area contributed by atoms with Crippen LogP contribution in [0.25, 0.3) is 0 Å². The van der Waals surface area contributed by atoms with E-state index in [1.807, 2.05) is 20.8 Å². The van der Waals surface area contributed by atoms with Crippen LogP contribution in [0.5, 0.6) is 0 Å². The molecule has 0 bridgehead atoms. The summed E-state index contributed by atoms with van der Waals surface area (Å²) < 4.78 is 0. The van der Waals surface area contributed by atoms with Crippen molar-refractivity contribution in [3.05, 3.63) is 65.2 Å². The molecule has 0 fully saturated rings. The van der Waals surface area contributed by atoms with Gasteiger partial charge in [-0.15, -0.1) is 0 Å². The lowest BCUT2D eigenvalue weighted by atomic mass is 10.1. The van der Waals surface area contributed by atoms with Crippen molar-refractivity contribution in [2.45, 2.75) is 45.7 Å². The predicted molar refractivity (Wildman–Crippen MR) is 113 cm³/mol. The van der Waals surface area contributed by atoms with Crippen LogP contribution in [-0.4, -0.2) is 40.1 Å². The number of hydrogen-bond acceptors (Lipinski definition) is 4. The highest BCUT2D eigenvalue weighted by Crippen LogP contribution is 2.26. The fourth-order valence-corrected chi connectivity index (χ4v) is 3.39. The number of amides is 4. The molecule has 30 heavy (non-hydrogen) atoms. The van der Waals surface area contributed by atoms with Gasteiger partial charge in [-0.2, -0.15) is 0 Å². The third-order valence-electron chi connectivity index (χ3n) is 4.74. The molecule has 0 radical (unpaired) electrons. The lowest BCUT2D eigenvalue weighted by Gasteiger charge is -2.25. The second-order valence-electron chi connectivity index (χ2n) is 8.19. The summed E-state index contributed by atoms with van der Waals surface area (Å²) in [5.41, 5.74) is 0.759. The van der Waals surface area contributed by atoms with Gasteiger partial charge in [0.15, 0.2) is 0 Å².